The molecule has 0 unspecified atom stereocenters. The van der Waals surface area contributed by atoms with Crippen LogP contribution in [0.1, 0.15) is 51.6 Å². The molecule has 1 aliphatic rings. The largest absolute Gasteiger partial charge is 0.337 e. The number of hydrogen-bond donors (Lipinski definition) is 1. The van der Waals surface area contributed by atoms with E-state index in [9.17, 15) is 9.59 Å². The first kappa shape index (κ1) is 16.9. The Balaban J connectivity index is 2.04. The Hall–Kier alpha value is -1.43. The van der Waals surface area contributed by atoms with E-state index in [1.54, 1.807) is 0 Å². The third-order valence-electron chi connectivity index (χ3n) is 3.57. The smallest absolute Gasteiger partial charge is 0.231 e. The minimum atomic E-state index is -0.439. The summed E-state index contributed by atoms with van der Waals surface area (Å²) in [6.45, 7) is 11.1. The van der Waals surface area contributed by atoms with Crippen LogP contribution in [-0.2, 0) is 22.6 Å². The van der Waals surface area contributed by atoms with Gasteiger partial charge in [-0.3, -0.25) is 9.59 Å². The fourth-order valence-corrected chi connectivity index (χ4v) is 3.24. The van der Waals surface area contributed by atoms with Gasteiger partial charge in [-0.05, 0) is 5.92 Å². The highest BCUT2D eigenvalue weighted by Gasteiger charge is 2.26. The summed E-state index contributed by atoms with van der Waals surface area (Å²) in [5.74, 6) is 0.539. The Morgan fingerprint density at radius 2 is 2.05 bits per heavy atom. The molecule has 0 bridgehead atoms. The van der Waals surface area contributed by atoms with Gasteiger partial charge in [-0.1, -0.05) is 46.0 Å². The van der Waals surface area contributed by atoms with Gasteiger partial charge in [-0.15, -0.1) is 0 Å². The highest BCUT2D eigenvalue weighted by atomic mass is 32.1. The van der Waals surface area contributed by atoms with E-state index < -0.39 is 5.41 Å². The number of fused-ring (bicyclic) bond motifs is 1. The minimum Gasteiger partial charge on any atom is -0.337 e. The van der Waals surface area contributed by atoms with E-state index in [-0.39, 0.29) is 11.8 Å². The van der Waals surface area contributed by atoms with Crippen LogP contribution in [0.25, 0.3) is 0 Å². The number of hydrogen-bond acceptors (Lipinski definition) is 4. The molecule has 0 aliphatic carbocycles. The van der Waals surface area contributed by atoms with E-state index in [1.165, 1.54) is 11.3 Å². The van der Waals surface area contributed by atoms with Crippen LogP contribution in [0.4, 0.5) is 5.13 Å². The van der Waals surface area contributed by atoms with Crippen molar-refractivity contribution in [1.29, 1.82) is 0 Å². The van der Waals surface area contributed by atoms with Gasteiger partial charge in [0.15, 0.2) is 5.13 Å². The zero-order chi connectivity index (χ0) is 16.5. The Labute approximate surface area is 136 Å². The van der Waals surface area contributed by atoms with Crippen molar-refractivity contribution in [3.8, 4) is 0 Å². The molecule has 5 nitrogen and oxygen atoms in total. The molecule has 1 aromatic rings. The fraction of sp³-hybridized carbons (Fsp3) is 0.688. The van der Waals surface area contributed by atoms with Crippen molar-refractivity contribution in [3.05, 3.63) is 10.6 Å². The Morgan fingerprint density at radius 3 is 2.64 bits per heavy atom. The van der Waals surface area contributed by atoms with Gasteiger partial charge >= 0.3 is 0 Å². The summed E-state index contributed by atoms with van der Waals surface area (Å²) in [6, 6.07) is 0. The number of nitrogens with zero attached hydrogens (tertiary/aromatic N) is 2. The molecule has 0 aromatic carbocycles. The number of anilines is 1. The Morgan fingerprint density at radius 1 is 1.36 bits per heavy atom. The lowest BCUT2D eigenvalue weighted by Gasteiger charge is -2.26. The van der Waals surface area contributed by atoms with Crippen molar-refractivity contribution in [3.63, 3.8) is 0 Å². The van der Waals surface area contributed by atoms with Crippen molar-refractivity contribution in [2.45, 2.75) is 54.0 Å². The number of rotatable bonds is 3. The van der Waals surface area contributed by atoms with Gasteiger partial charge in [0, 0.05) is 29.7 Å². The minimum absolute atomic E-state index is 0.0358. The average molecular weight is 323 g/mol. The summed E-state index contributed by atoms with van der Waals surface area (Å²) < 4.78 is 0. The number of carbonyl (C=O) groups excluding carboxylic acids is 2. The van der Waals surface area contributed by atoms with Crippen LogP contribution < -0.4 is 5.32 Å². The number of aromatic nitrogens is 1. The van der Waals surface area contributed by atoms with Gasteiger partial charge < -0.3 is 10.2 Å². The van der Waals surface area contributed by atoms with Crippen molar-refractivity contribution in [2.75, 3.05) is 11.9 Å². The second-order valence-electron chi connectivity index (χ2n) is 7.26. The number of nitrogens with one attached hydrogen (secondary N) is 1. The van der Waals surface area contributed by atoms with Gasteiger partial charge in [-0.25, -0.2) is 4.98 Å². The Bertz CT molecular complexity index is 572. The molecule has 0 saturated carbocycles. The van der Waals surface area contributed by atoms with Crippen molar-refractivity contribution in [2.24, 2.45) is 11.3 Å². The number of thiazole rings is 1. The third-order valence-corrected chi connectivity index (χ3v) is 4.57. The molecule has 2 heterocycles. The van der Waals surface area contributed by atoms with Crippen LogP contribution >= 0.6 is 11.3 Å². The zero-order valence-corrected chi connectivity index (χ0v) is 14.8. The van der Waals surface area contributed by atoms with Crippen LogP contribution in [0.2, 0.25) is 0 Å². The van der Waals surface area contributed by atoms with Crippen LogP contribution in [0.5, 0.6) is 0 Å². The standard InChI is InChI=1S/C16H25N3O2S/c1-10(2)8-13(20)19-7-6-11-12(9-19)22-15(17-11)18-14(21)16(3,4)5/h10H,6-9H2,1-5H3,(H,17,18,21). The van der Waals surface area contributed by atoms with Gasteiger partial charge in [0.25, 0.3) is 0 Å². The van der Waals surface area contributed by atoms with Gasteiger partial charge in [-0.2, -0.15) is 0 Å². The predicted molar refractivity (Wildman–Crippen MR) is 88.8 cm³/mol. The first-order valence-electron chi connectivity index (χ1n) is 7.74. The summed E-state index contributed by atoms with van der Waals surface area (Å²) >= 11 is 1.48. The SMILES string of the molecule is CC(C)CC(=O)N1CCc2nc(NC(=O)C(C)(C)C)sc2C1. The summed E-state index contributed by atoms with van der Waals surface area (Å²) in [7, 11) is 0. The van der Waals surface area contributed by atoms with E-state index in [0.717, 1.165) is 23.5 Å². The lowest BCUT2D eigenvalue weighted by Crippen LogP contribution is -2.36. The predicted octanol–water partition coefficient (Wildman–Crippen LogP) is 3.06. The first-order chi connectivity index (χ1) is 10.2. The number of amides is 2. The highest BCUT2D eigenvalue weighted by molar-refractivity contribution is 7.15. The monoisotopic (exact) mass is 323 g/mol. The summed E-state index contributed by atoms with van der Waals surface area (Å²) in [5, 5.41) is 3.52. The molecule has 122 valence electrons. The van der Waals surface area contributed by atoms with Crippen LogP contribution in [-0.4, -0.2) is 28.2 Å². The molecule has 0 radical (unpaired) electrons. The first-order valence-corrected chi connectivity index (χ1v) is 8.56. The normalized spacial score (nSPS) is 14.9. The molecular weight excluding hydrogens is 298 g/mol. The molecule has 22 heavy (non-hydrogen) atoms. The van der Waals surface area contributed by atoms with E-state index in [0.29, 0.717) is 24.0 Å². The molecule has 1 aromatic heterocycles. The van der Waals surface area contributed by atoms with Gasteiger partial charge in [0.1, 0.15) is 0 Å². The van der Waals surface area contributed by atoms with Gasteiger partial charge in [0.2, 0.25) is 11.8 Å². The van der Waals surface area contributed by atoms with Crippen LogP contribution in [0.3, 0.4) is 0 Å². The van der Waals surface area contributed by atoms with Crippen LogP contribution in [0, 0.1) is 11.3 Å². The molecule has 2 rings (SSSR count). The molecule has 0 saturated heterocycles. The second-order valence-corrected chi connectivity index (χ2v) is 8.34. The maximum atomic E-state index is 12.2. The van der Waals surface area contributed by atoms with Crippen molar-refractivity contribution >= 4 is 28.3 Å². The fourth-order valence-electron chi connectivity index (χ4n) is 2.22. The average Bonchev–Trinajstić information content (AvgIpc) is 2.77. The lowest BCUT2D eigenvalue weighted by molar-refractivity contribution is -0.132. The topological polar surface area (TPSA) is 62.3 Å². The lowest BCUT2D eigenvalue weighted by atomic mass is 9.96. The summed E-state index contributed by atoms with van der Waals surface area (Å²) in [4.78, 5) is 31.7. The molecule has 2 amide bonds. The quantitative estimate of drug-likeness (QED) is 0.930. The molecule has 1 aliphatic heterocycles. The molecule has 1 N–H and O–H groups in total. The van der Waals surface area contributed by atoms with E-state index in [4.69, 9.17) is 0 Å². The number of carbonyl (C=O) groups is 2. The second kappa shape index (κ2) is 6.36. The molecule has 6 heteroatoms. The molecule has 0 fully saturated rings. The van der Waals surface area contributed by atoms with Gasteiger partial charge in [0.05, 0.1) is 12.2 Å². The van der Waals surface area contributed by atoms with Crippen LogP contribution in [0.15, 0.2) is 0 Å². The molecule has 0 atom stereocenters. The van der Waals surface area contributed by atoms with E-state index in [1.807, 2.05) is 25.7 Å². The van der Waals surface area contributed by atoms with Crippen molar-refractivity contribution in [1.82, 2.24) is 9.88 Å². The maximum absolute atomic E-state index is 12.2. The van der Waals surface area contributed by atoms with E-state index in [2.05, 4.69) is 24.1 Å². The maximum Gasteiger partial charge on any atom is 0.231 e. The highest BCUT2D eigenvalue weighted by Crippen LogP contribution is 2.30. The Kier molecular flexibility index (Phi) is 4.90. The molecule has 0 spiro atoms. The molecular formula is C16H25N3O2S. The van der Waals surface area contributed by atoms with E-state index >= 15 is 0 Å². The third kappa shape index (κ3) is 4.06. The summed E-state index contributed by atoms with van der Waals surface area (Å²) in [5.41, 5.74) is 0.577. The van der Waals surface area contributed by atoms with Crippen molar-refractivity contribution < 1.29 is 9.59 Å². The zero-order valence-electron chi connectivity index (χ0n) is 14.0. The summed E-state index contributed by atoms with van der Waals surface area (Å²) in [6.07, 6.45) is 1.35.